The zero-order chi connectivity index (χ0) is 14.2. The highest BCUT2D eigenvalue weighted by molar-refractivity contribution is 5.45. The molecule has 2 aliphatic rings. The number of hydrogen-bond donors (Lipinski definition) is 1. The largest absolute Gasteiger partial charge is 0.493 e. The Hall–Kier alpha value is -1.80. The van der Waals surface area contributed by atoms with E-state index in [2.05, 4.69) is 47.8 Å². The van der Waals surface area contributed by atoms with Crippen LogP contribution >= 0.6 is 0 Å². The minimum atomic E-state index is 0.493. The standard InChI is InChI=1S/C19H21NO/c1-20-18-10-9-17-16(18)7-4-8-19(17)21-12-14-11-13-5-2-3-6-15(13)14/h2-8,14,18,20H,9-12H2,1H3. The summed E-state index contributed by atoms with van der Waals surface area (Å²) in [5, 5.41) is 3.39. The lowest BCUT2D eigenvalue weighted by Crippen LogP contribution is -2.23. The van der Waals surface area contributed by atoms with Crippen LogP contribution in [0.3, 0.4) is 0 Å². The molecule has 0 saturated heterocycles. The molecule has 0 radical (unpaired) electrons. The van der Waals surface area contributed by atoms with Crippen LogP contribution in [0.25, 0.3) is 0 Å². The number of nitrogens with one attached hydrogen (secondary N) is 1. The molecule has 2 atom stereocenters. The Bertz CT molecular complexity index is 664. The molecule has 1 N–H and O–H groups in total. The molecule has 0 spiro atoms. The van der Waals surface area contributed by atoms with E-state index in [0.717, 1.165) is 25.2 Å². The number of fused-ring (bicyclic) bond motifs is 2. The quantitative estimate of drug-likeness (QED) is 0.923. The number of ether oxygens (including phenoxy) is 1. The van der Waals surface area contributed by atoms with Gasteiger partial charge >= 0.3 is 0 Å². The van der Waals surface area contributed by atoms with Crippen molar-refractivity contribution < 1.29 is 4.74 Å². The Labute approximate surface area is 126 Å². The predicted molar refractivity (Wildman–Crippen MR) is 84.9 cm³/mol. The smallest absolute Gasteiger partial charge is 0.122 e. The molecular formula is C19H21NO. The van der Waals surface area contributed by atoms with Gasteiger partial charge in [0.15, 0.2) is 0 Å². The third-order valence-corrected chi connectivity index (χ3v) is 4.98. The van der Waals surface area contributed by atoms with Crippen molar-refractivity contribution in [2.24, 2.45) is 0 Å². The molecule has 2 aromatic carbocycles. The summed E-state index contributed by atoms with van der Waals surface area (Å²) in [6, 6.07) is 15.7. The van der Waals surface area contributed by atoms with Gasteiger partial charge in [-0.15, -0.1) is 0 Å². The third kappa shape index (κ3) is 2.14. The highest BCUT2D eigenvalue weighted by Gasteiger charge is 2.27. The first kappa shape index (κ1) is 12.9. The van der Waals surface area contributed by atoms with Gasteiger partial charge in [-0.2, -0.15) is 0 Å². The zero-order valence-electron chi connectivity index (χ0n) is 12.4. The van der Waals surface area contributed by atoms with Gasteiger partial charge in [0.2, 0.25) is 0 Å². The third-order valence-electron chi connectivity index (χ3n) is 4.98. The first-order chi connectivity index (χ1) is 10.4. The fourth-order valence-electron chi connectivity index (χ4n) is 3.76. The topological polar surface area (TPSA) is 21.3 Å². The Morgan fingerprint density at radius 1 is 1.10 bits per heavy atom. The summed E-state index contributed by atoms with van der Waals surface area (Å²) in [4.78, 5) is 0. The van der Waals surface area contributed by atoms with Crippen LogP contribution in [0.4, 0.5) is 0 Å². The number of benzene rings is 2. The van der Waals surface area contributed by atoms with Gasteiger partial charge in [0.25, 0.3) is 0 Å². The van der Waals surface area contributed by atoms with Crippen molar-refractivity contribution in [2.75, 3.05) is 13.7 Å². The van der Waals surface area contributed by atoms with Crippen LogP contribution in [0.2, 0.25) is 0 Å². The average Bonchev–Trinajstić information content (AvgIpc) is 2.92. The maximum atomic E-state index is 6.17. The second-order valence-corrected chi connectivity index (χ2v) is 6.11. The molecule has 2 unspecified atom stereocenters. The second-order valence-electron chi connectivity index (χ2n) is 6.11. The van der Waals surface area contributed by atoms with E-state index in [0.29, 0.717) is 12.0 Å². The summed E-state index contributed by atoms with van der Waals surface area (Å²) >= 11 is 0. The van der Waals surface area contributed by atoms with E-state index in [1.807, 2.05) is 7.05 Å². The van der Waals surface area contributed by atoms with Gasteiger partial charge < -0.3 is 10.1 Å². The summed E-state index contributed by atoms with van der Waals surface area (Å²) < 4.78 is 6.17. The van der Waals surface area contributed by atoms with Gasteiger partial charge in [0, 0.05) is 12.0 Å². The average molecular weight is 279 g/mol. The van der Waals surface area contributed by atoms with E-state index in [-0.39, 0.29) is 0 Å². The van der Waals surface area contributed by atoms with Gasteiger partial charge in [-0.1, -0.05) is 36.4 Å². The van der Waals surface area contributed by atoms with E-state index in [1.165, 1.54) is 28.7 Å². The molecule has 0 aliphatic heterocycles. The first-order valence-corrected chi connectivity index (χ1v) is 7.86. The van der Waals surface area contributed by atoms with E-state index in [9.17, 15) is 0 Å². The van der Waals surface area contributed by atoms with Crippen molar-refractivity contribution in [2.45, 2.75) is 31.2 Å². The van der Waals surface area contributed by atoms with E-state index in [4.69, 9.17) is 4.74 Å². The Balaban J connectivity index is 1.49. The Kier molecular flexibility index (Phi) is 3.19. The minimum absolute atomic E-state index is 0.493. The van der Waals surface area contributed by atoms with Crippen LogP contribution in [-0.2, 0) is 12.8 Å². The predicted octanol–water partition coefficient (Wildman–Crippen LogP) is 3.61. The second kappa shape index (κ2) is 5.19. The Morgan fingerprint density at radius 3 is 2.81 bits per heavy atom. The summed E-state index contributed by atoms with van der Waals surface area (Å²) in [6.45, 7) is 0.803. The van der Waals surface area contributed by atoms with Crippen LogP contribution < -0.4 is 10.1 Å². The summed E-state index contributed by atoms with van der Waals surface area (Å²) in [6.07, 6.45) is 3.46. The maximum absolute atomic E-state index is 6.17. The fraction of sp³-hybridized carbons (Fsp3) is 0.368. The molecule has 2 aliphatic carbocycles. The summed E-state index contributed by atoms with van der Waals surface area (Å²) in [5.74, 6) is 1.66. The number of rotatable bonds is 4. The van der Waals surface area contributed by atoms with Crippen LogP contribution in [0.5, 0.6) is 5.75 Å². The van der Waals surface area contributed by atoms with Gasteiger partial charge in [0.05, 0.1) is 6.61 Å². The van der Waals surface area contributed by atoms with Crippen molar-refractivity contribution >= 4 is 0 Å². The first-order valence-electron chi connectivity index (χ1n) is 7.86. The molecule has 0 heterocycles. The molecule has 0 aromatic heterocycles. The highest BCUT2D eigenvalue weighted by atomic mass is 16.5. The van der Waals surface area contributed by atoms with E-state index in [1.54, 1.807) is 0 Å². The lowest BCUT2D eigenvalue weighted by atomic mass is 9.78. The molecular weight excluding hydrogens is 258 g/mol. The van der Waals surface area contributed by atoms with Crippen LogP contribution in [0.1, 0.15) is 40.6 Å². The van der Waals surface area contributed by atoms with Crippen molar-refractivity contribution in [1.82, 2.24) is 5.32 Å². The molecule has 0 saturated carbocycles. The summed E-state index contributed by atoms with van der Waals surface area (Å²) in [5.41, 5.74) is 5.78. The van der Waals surface area contributed by atoms with E-state index >= 15 is 0 Å². The van der Waals surface area contributed by atoms with Crippen molar-refractivity contribution in [3.63, 3.8) is 0 Å². The minimum Gasteiger partial charge on any atom is -0.493 e. The van der Waals surface area contributed by atoms with Crippen molar-refractivity contribution in [1.29, 1.82) is 0 Å². The maximum Gasteiger partial charge on any atom is 0.122 e. The number of hydrogen-bond acceptors (Lipinski definition) is 2. The van der Waals surface area contributed by atoms with Crippen LogP contribution in [0, 0.1) is 0 Å². The van der Waals surface area contributed by atoms with Gasteiger partial charge in [0.1, 0.15) is 5.75 Å². The van der Waals surface area contributed by atoms with Crippen molar-refractivity contribution in [3.05, 3.63) is 64.7 Å². The molecule has 4 rings (SSSR count). The molecule has 21 heavy (non-hydrogen) atoms. The molecule has 0 bridgehead atoms. The normalized spacial score (nSPS) is 22.3. The molecule has 2 aromatic rings. The van der Waals surface area contributed by atoms with Crippen LogP contribution in [0.15, 0.2) is 42.5 Å². The van der Waals surface area contributed by atoms with Gasteiger partial charge in [-0.05, 0) is 54.6 Å². The van der Waals surface area contributed by atoms with Crippen LogP contribution in [-0.4, -0.2) is 13.7 Å². The van der Waals surface area contributed by atoms with Gasteiger partial charge in [-0.25, -0.2) is 0 Å². The fourth-order valence-corrected chi connectivity index (χ4v) is 3.76. The summed E-state index contributed by atoms with van der Waals surface area (Å²) in [7, 11) is 2.04. The lowest BCUT2D eigenvalue weighted by Gasteiger charge is -2.30. The monoisotopic (exact) mass is 279 g/mol. The van der Waals surface area contributed by atoms with E-state index < -0.39 is 0 Å². The van der Waals surface area contributed by atoms with Gasteiger partial charge in [-0.3, -0.25) is 0 Å². The Morgan fingerprint density at radius 2 is 1.95 bits per heavy atom. The molecule has 0 amide bonds. The lowest BCUT2D eigenvalue weighted by molar-refractivity contribution is 0.273. The zero-order valence-corrected chi connectivity index (χ0v) is 12.4. The van der Waals surface area contributed by atoms with Crippen molar-refractivity contribution in [3.8, 4) is 5.75 Å². The SMILES string of the molecule is CNC1CCc2c(OCC3Cc4ccccc43)cccc21. The highest BCUT2D eigenvalue weighted by Crippen LogP contribution is 2.39. The molecule has 2 heteroatoms. The molecule has 2 nitrogen and oxygen atoms in total. The molecule has 108 valence electrons. The molecule has 0 fully saturated rings.